The maximum Gasteiger partial charge on any atom is 0.183 e. The van der Waals surface area contributed by atoms with Crippen LogP contribution in [0.2, 0.25) is 0 Å². The first-order valence-corrected chi connectivity index (χ1v) is 5.90. The number of hydrogen-bond donors (Lipinski definition) is 1. The summed E-state index contributed by atoms with van der Waals surface area (Å²) in [4.78, 5) is 4.49. The van der Waals surface area contributed by atoms with Crippen molar-refractivity contribution in [2.45, 2.75) is 32.2 Å². The summed E-state index contributed by atoms with van der Waals surface area (Å²) in [5.74, 6) is 0. The molecule has 0 bridgehead atoms. The number of aryl methyl sites for hydroxylation is 1. The summed E-state index contributed by atoms with van der Waals surface area (Å²) in [5.41, 5.74) is 1.25. The Balaban J connectivity index is 2.02. The van der Waals surface area contributed by atoms with Gasteiger partial charge in [0.25, 0.3) is 0 Å². The number of nitrogens with zero attached hydrogens (tertiary/aromatic N) is 1. The molecule has 2 rings (SSSR count). The second kappa shape index (κ2) is 3.87. The first-order valence-electron chi connectivity index (χ1n) is 5.02. The molecule has 2 heterocycles. The third-order valence-electron chi connectivity index (χ3n) is 2.54. The van der Waals surface area contributed by atoms with E-state index in [1.165, 1.54) is 5.69 Å². The number of rotatable bonds is 3. The lowest BCUT2D eigenvalue weighted by Crippen LogP contribution is -2.34. The standard InChI is InChI=1S/C10H16N2OS/c1-3-8-6-14-9(11-8)12-10(2)4-5-13-7-10/h6H,3-5,7H2,1-2H3,(H,11,12). The van der Waals surface area contributed by atoms with Crippen LogP contribution in [0.4, 0.5) is 5.13 Å². The lowest BCUT2D eigenvalue weighted by Gasteiger charge is -2.22. The number of anilines is 1. The molecule has 0 saturated carbocycles. The minimum Gasteiger partial charge on any atom is -0.379 e. The number of nitrogens with one attached hydrogen (secondary N) is 1. The van der Waals surface area contributed by atoms with E-state index in [-0.39, 0.29) is 5.54 Å². The van der Waals surface area contributed by atoms with Crippen molar-refractivity contribution < 1.29 is 4.74 Å². The van der Waals surface area contributed by atoms with E-state index in [0.29, 0.717) is 0 Å². The molecule has 1 aliphatic rings. The van der Waals surface area contributed by atoms with Gasteiger partial charge in [0.2, 0.25) is 0 Å². The molecule has 14 heavy (non-hydrogen) atoms. The van der Waals surface area contributed by atoms with E-state index in [9.17, 15) is 0 Å². The van der Waals surface area contributed by atoms with Crippen molar-refractivity contribution in [1.82, 2.24) is 4.98 Å². The fourth-order valence-corrected chi connectivity index (χ4v) is 2.49. The largest absolute Gasteiger partial charge is 0.379 e. The summed E-state index contributed by atoms with van der Waals surface area (Å²) in [6, 6.07) is 0. The number of aromatic nitrogens is 1. The third-order valence-corrected chi connectivity index (χ3v) is 3.35. The van der Waals surface area contributed by atoms with Crippen LogP contribution in [0.25, 0.3) is 0 Å². The SMILES string of the molecule is CCc1csc(NC2(C)CCOC2)n1. The minimum absolute atomic E-state index is 0.0862. The molecule has 0 aromatic carbocycles. The molecule has 1 N–H and O–H groups in total. The van der Waals surface area contributed by atoms with Crippen molar-refractivity contribution in [2.75, 3.05) is 18.5 Å². The Hall–Kier alpha value is -0.610. The van der Waals surface area contributed by atoms with E-state index in [4.69, 9.17) is 4.74 Å². The Labute approximate surface area is 88.5 Å². The van der Waals surface area contributed by atoms with E-state index in [1.54, 1.807) is 11.3 Å². The molecule has 78 valence electrons. The molecule has 0 radical (unpaired) electrons. The van der Waals surface area contributed by atoms with Crippen molar-refractivity contribution in [3.63, 3.8) is 0 Å². The van der Waals surface area contributed by atoms with E-state index in [0.717, 1.165) is 31.2 Å². The van der Waals surface area contributed by atoms with Gasteiger partial charge in [-0.3, -0.25) is 0 Å². The molecule has 1 fully saturated rings. The van der Waals surface area contributed by atoms with Crippen LogP contribution in [-0.4, -0.2) is 23.7 Å². The topological polar surface area (TPSA) is 34.1 Å². The molecule has 3 nitrogen and oxygen atoms in total. The Morgan fingerprint density at radius 1 is 1.71 bits per heavy atom. The van der Waals surface area contributed by atoms with E-state index >= 15 is 0 Å². The molecule has 0 spiro atoms. The zero-order valence-electron chi connectivity index (χ0n) is 8.67. The first kappa shape index (κ1) is 9.93. The predicted octanol–water partition coefficient (Wildman–Crippen LogP) is 2.30. The van der Waals surface area contributed by atoms with Crippen LogP contribution < -0.4 is 5.32 Å². The summed E-state index contributed by atoms with van der Waals surface area (Å²) < 4.78 is 5.38. The van der Waals surface area contributed by atoms with Crippen LogP contribution in [-0.2, 0) is 11.2 Å². The van der Waals surface area contributed by atoms with Gasteiger partial charge < -0.3 is 10.1 Å². The first-order chi connectivity index (χ1) is 6.72. The Morgan fingerprint density at radius 2 is 2.57 bits per heavy atom. The highest BCUT2D eigenvalue weighted by atomic mass is 32.1. The van der Waals surface area contributed by atoms with Gasteiger partial charge >= 0.3 is 0 Å². The molecule has 1 unspecified atom stereocenters. The molecule has 4 heteroatoms. The van der Waals surface area contributed by atoms with Gasteiger partial charge in [-0.15, -0.1) is 11.3 Å². The fraction of sp³-hybridized carbons (Fsp3) is 0.700. The van der Waals surface area contributed by atoms with Crippen LogP contribution >= 0.6 is 11.3 Å². The quantitative estimate of drug-likeness (QED) is 0.834. The minimum atomic E-state index is 0.0862. The van der Waals surface area contributed by atoms with Crippen LogP contribution in [0, 0.1) is 0 Å². The summed E-state index contributed by atoms with van der Waals surface area (Å²) in [6.45, 7) is 5.95. The van der Waals surface area contributed by atoms with E-state index in [1.807, 2.05) is 0 Å². The predicted molar refractivity (Wildman–Crippen MR) is 59.0 cm³/mol. The van der Waals surface area contributed by atoms with Gasteiger partial charge in [-0.2, -0.15) is 0 Å². The smallest absolute Gasteiger partial charge is 0.183 e. The summed E-state index contributed by atoms with van der Waals surface area (Å²) in [5, 5.41) is 6.59. The fourth-order valence-electron chi connectivity index (χ4n) is 1.55. The number of hydrogen-bond acceptors (Lipinski definition) is 4. The number of ether oxygens (including phenoxy) is 1. The lowest BCUT2D eigenvalue weighted by molar-refractivity contribution is 0.185. The molecule has 1 aromatic heterocycles. The van der Waals surface area contributed by atoms with Crippen molar-refractivity contribution >= 4 is 16.5 Å². The maximum atomic E-state index is 5.38. The Kier molecular flexibility index (Phi) is 2.74. The lowest BCUT2D eigenvalue weighted by atomic mass is 10.0. The van der Waals surface area contributed by atoms with Gasteiger partial charge in [0.1, 0.15) is 0 Å². The summed E-state index contributed by atoms with van der Waals surface area (Å²) in [7, 11) is 0. The van der Waals surface area contributed by atoms with Gasteiger partial charge in [-0.1, -0.05) is 6.92 Å². The van der Waals surface area contributed by atoms with Gasteiger partial charge in [0.15, 0.2) is 5.13 Å². The van der Waals surface area contributed by atoms with Gasteiger partial charge in [0.05, 0.1) is 17.8 Å². The normalized spacial score (nSPS) is 26.7. The second-order valence-electron chi connectivity index (χ2n) is 3.99. The van der Waals surface area contributed by atoms with E-state index in [2.05, 4.69) is 29.5 Å². The highest BCUT2D eigenvalue weighted by Crippen LogP contribution is 2.25. The van der Waals surface area contributed by atoms with Crippen molar-refractivity contribution in [3.8, 4) is 0 Å². The van der Waals surface area contributed by atoms with Crippen molar-refractivity contribution in [3.05, 3.63) is 11.1 Å². The average Bonchev–Trinajstić information content (AvgIpc) is 2.75. The van der Waals surface area contributed by atoms with E-state index < -0.39 is 0 Å². The molecular formula is C10H16N2OS. The van der Waals surface area contributed by atoms with Crippen LogP contribution in [0.15, 0.2) is 5.38 Å². The van der Waals surface area contributed by atoms with Gasteiger partial charge in [0, 0.05) is 12.0 Å². The number of thiazole rings is 1. The van der Waals surface area contributed by atoms with Crippen LogP contribution in [0.5, 0.6) is 0 Å². The van der Waals surface area contributed by atoms with Crippen LogP contribution in [0.1, 0.15) is 26.0 Å². The zero-order valence-corrected chi connectivity index (χ0v) is 9.49. The Morgan fingerprint density at radius 3 is 3.14 bits per heavy atom. The highest BCUT2D eigenvalue weighted by molar-refractivity contribution is 7.13. The molecule has 1 aliphatic heterocycles. The molecule has 1 saturated heterocycles. The third kappa shape index (κ3) is 2.07. The summed E-state index contributed by atoms with van der Waals surface area (Å²) in [6.07, 6.45) is 2.07. The van der Waals surface area contributed by atoms with Gasteiger partial charge in [-0.05, 0) is 19.8 Å². The Bertz CT molecular complexity index is 305. The zero-order chi connectivity index (χ0) is 10.0. The van der Waals surface area contributed by atoms with Crippen LogP contribution in [0.3, 0.4) is 0 Å². The molecule has 0 amide bonds. The molecule has 1 aromatic rings. The molecular weight excluding hydrogens is 196 g/mol. The monoisotopic (exact) mass is 212 g/mol. The average molecular weight is 212 g/mol. The molecule has 0 aliphatic carbocycles. The maximum absolute atomic E-state index is 5.38. The summed E-state index contributed by atoms with van der Waals surface area (Å²) >= 11 is 1.68. The highest BCUT2D eigenvalue weighted by Gasteiger charge is 2.30. The molecule has 1 atom stereocenters. The second-order valence-corrected chi connectivity index (χ2v) is 4.84. The van der Waals surface area contributed by atoms with Crippen molar-refractivity contribution in [2.24, 2.45) is 0 Å². The van der Waals surface area contributed by atoms with Crippen molar-refractivity contribution in [1.29, 1.82) is 0 Å². The van der Waals surface area contributed by atoms with Gasteiger partial charge in [-0.25, -0.2) is 4.98 Å².